The topological polar surface area (TPSA) is 165 Å². The number of aryl methyl sites for hydroxylation is 1. The van der Waals surface area contributed by atoms with Gasteiger partial charge in [-0.2, -0.15) is 5.10 Å². The van der Waals surface area contributed by atoms with E-state index >= 15 is 0 Å². The molecule has 0 atom stereocenters. The summed E-state index contributed by atoms with van der Waals surface area (Å²) in [6.07, 6.45) is 1.76. The lowest BCUT2D eigenvalue weighted by atomic mass is 10.4. The molecule has 2 heterocycles. The van der Waals surface area contributed by atoms with Crippen LogP contribution in [0.5, 0.6) is 0 Å². The summed E-state index contributed by atoms with van der Waals surface area (Å²) in [7, 11) is 1.23. The van der Waals surface area contributed by atoms with Crippen LogP contribution in [0.25, 0.3) is 5.82 Å². The van der Waals surface area contributed by atoms with Crippen molar-refractivity contribution in [3.8, 4) is 5.82 Å². The lowest BCUT2D eigenvalue weighted by Gasteiger charge is -1.96. The van der Waals surface area contributed by atoms with Crippen LogP contribution in [0.4, 0.5) is 17.2 Å². The molecule has 0 fully saturated rings. The van der Waals surface area contributed by atoms with Crippen LogP contribution in [-0.4, -0.2) is 34.3 Å². The van der Waals surface area contributed by atoms with Crippen molar-refractivity contribution in [3.63, 3.8) is 0 Å². The summed E-state index contributed by atoms with van der Waals surface area (Å²) in [5.41, 5.74) is -1.31. The highest BCUT2D eigenvalue weighted by atomic mass is 16.6. The van der Waals surface area contributed by atoms with E-state index in [9.17, 15) is 30.3 Å². The normalized spacial score (nSPS) is 10.4. The maximum Gasteiger partial charge on any atom is 0.470 e. The van der Waals surface area contributed by atoms with Crippen molar-refractivity contribution in [3.05, 3.63) is 42.7 Å². The first kappa shape index (κ1) is 13.1. The Morgan fingerprint density at radius 1 is 1.10 bits per heavy atom. The monoisotopic (exact) mass is 283 g/mol. The van der Waals surface area contributed by atoms with Crippen LogP contribution in [-0.2, 0) is 7.05 Å². The smallest absolute Gasteiger partial charge is 0.358 e. The zero-order valence-corrected chi connectivity index (χ0v) is 9.73. The van der Waals surface area contributed by atoms with Crippen LogP contribution < -0.4 is 0 Å². The van der Waals surface area contributed by atoms with Gasteiger partial charge in [-0.05, 0) is 4.92 Å². The molecule has 0 aliphatic rings. The molecule has 13 nitrogen and oxygen atoms in total. The Balaban J connectivity index is 2.69. The molecule has 0 aromatic carbocycles. The van der Waals surface area contributed by atoms with Gasteiger partial charge in [0.15, 0.2) is 0 Å². The van der Waals surface area contributed by atoms with Gasteiger partial charge in [-0.3, -0.25) is 20.2 Å². The molecule has 0 amide bonds. The van der Waals surface area contributed by atoms with Gasteiger partial charge < -0.3 is 10.1 Å². The van der Waals surface area contributed by atoms with Gasteiger partial charge in [-0.15, -0.1) is 4.68 Å². The van der Waals surface area contributed by atoms with Crippen molar-refractivity contribution in [2.45, 2.75) is 0 Å². The second-order valence-electron chi connectivity index (χ2n) is 3.53. The van der Waals surface area contributed by atoms with Crippen LogP contribution in [0.15, 0.2) is 12.4 Å². The summed E-state index contributed by atoms with van der Waals surface area (Å²) >= 11 is 0. The van der Waals surface area contributed by atoms with Gasteiger partial charge in [0, 0.05) is 0 Å². The third kappa shape index (κ3) is 1.92. The van der Waals surface area contributed by atoms with E-state index in [4.69, 9.17) is 0 Å². The lowest BCUT2D eigenvalue weighted by molar-refractivity contribution is -0.424. The van der Waals surface area contributed by atoms with Gasteiger partial charge in [0.05, 0.1) is 22.0 Å². The first-order valence-electron chi connectivity index (χ1n) is 4.88. The summed E-state index contributed by atoms with van der Waals surface area (Å²) in [6, 6.07) is 0. The summed E-state index contributed by atoms with van der Waals surface area (Å²) in [5, 5.41) is 39.2. The number of nitrogens with zero attached hydrogens (tertiary/aromatic N) is 7. The molecule has 13 heteroatoms. The lowest BCUT2D eigenvalue weighted by Crippen LogP contribution is -2.05. The molecule has 0 spiro atoms. The van der Waals surface area contributed by atoms with Crippen molar-refractivity contribution in [2.24, 2.45) is 7.05 Å². The van der Waals surface area contributed by atoms with E-state index in [1.807, 2.05) is 0 Å². The van der Waals surface area contributed by atoms with Crippen molar-refractivity contribution in [1.29, 1.82) is 0 Å². The van der Waals surface area contributed by atoms with Gasteiger partial charge in [0.25, 0.3) is 5.82 Å². The predicted octanol–water partition coefficient (Wildman–Crippen LogP) is 0.330. The molecular weight excluding hydrogens is 278 g/mol. The SMILES string of the molecule is Cn1nc([N+](=O)[O-])c([N+](=O)[O-])c1-n1cc([N+](=O)[O-])cn1. The van der Waals surface area contributed by atoms with Crippen molar-refractivity contribution in [1.82, 2.24) is 19.6 Å². The standard InChI is InChI=1S/C7H5N7O6/c1-10-7(11-3-4(2-8-11)12(15)16)5(13(17)18)6(9-10)14(19)20/h2-3H,1H3. The number of hydrogen-bond donors (Lipinski definition) is 0. The molecule has 2 aromatic rings. The molecule has 0 N–H and O–H groups in total. The Kier molecular flexibility index (Phi) is 2.86. The first-order valence-corrected chi connectivity index (χ1v) is 4.88. The van der Waals surface area contributed by atoms with E-state index in [2.05, 4.69) is 10.2 Å². The van der Waals surface area contributed by atoms with E-state index in [1.165, 1.54) is 7.05 Å². The number of aromatic nitrogens is 4. The minimum atomic E-state index is -1.01. The number of hydrogen-bond acceptors (Lipinski definition) is 8. The van der Waals surface area contributed by atoms with Crippen LogP contribution in [0.3, 0.4) is 0 Å². The van der Waals surface area contributed by atoms with Crippen molar-refractivity contribution < 1.29 is 14.8 Å². The van der Waals surface area contributed by atoms with Gasteiger partial charge in [0.2, 0.25) is 0 Å². The van der Waals surface area contributed by atoms with E-state index in [1.54, 1.807) is 0 Å². The molecule has 0 bridgehead atoms. The highest BCUT2D eigenvalue weighted by Gasteiger charge is 2.38. The summed E-state index contributed by atoms with van der Waals surface area (Å²) in [5.74, 6) is -1.32. The van der Waals surface area contributed by atoms with E-state index in [0.717, 1.165) is 21.8 Å². The molecule has 20 heavy (non-hydrogen) atoms. The molecule has 0 aliphatic heterocycles. The fourth-order valence-corrected chi connectivity index (χ4v) is 1.56. The van der Waals surface area contributed by atoms with Gasteiger partial charge >= 0.3 is 17.2 Å². The molecular formula is C7H5N7O6. The summed E-state index contributed by atoms with van der Waals surface area (Å²) in [6.45, 7) is 0. The first-order chi connectivity index (χ1) is 9.32. The Morgan fingerprint density at radius 3 is 2.20 bits per heavy atom. The Morgan fingerprint density at radius 2 is 1.75 bits per heavy atom. The molecule has 0 saturated carbocycles. The third-order valence-corrected chi connectivity index (χ3v) is 2.33. The Bertz CT molecular complexity index is 730. The molecule has 2 aromatic heterocycles. The summed E-state index contributed by atoms with van der Waals surface area (Å²) in [4.78, 5) is 29.5. The van der Waals surface area contributed by atoms with Crippen LogP contribution >= 0.6 is 0 Å². The Hall–Kier alpha value is -3.38. The molecule has 0 radical (unpaired) electrons. The van der Waals surface area contributed by atoms with Crippen LogP contribution in [0.1, 0.15) is 0 Å². The fourth-order valence-electron chi connectivity index (χ4n) is 1.56. The molecule has 0 saturated heterocycles. The molecule has 0 aliphatic carbocycles. The molecule has 0 unspecified atom stereocenters. The van der Waals surface area contributed by atoms with Gasteiger partial charge in [-0.25, -0.2) is 4.68 Å². The number of nitro groups is 3. The largest absolute Gasteiger partial charge is 0.470 e. The average molecular weight is 283 g/mol. The number of rotatable bonds is 4. The van der Waals surface area contributed by atoms with E-state index in [-0.39, 0.29) is 5.82 Å². The van der Waals surface area contributed by atoms with E-state index < -0.39 is 32.0 Å². The maximum atomic E-state index is 10.9. The fraction of sp³-hybridized carbons (Fsp3) is 0.143. The average Bonchev–Trinajstić information content (AvgIpc) is 2.92. The summed E-state index contributed by atoms with van der Waals surface area (Å²) < 4.78 is 1.64. The van der Waals surface area contributed by atoms with E-state index in [0.29, 0.717) is 0 Å². The minimum absolute atomic E-state index is 0.352. The second-order valence-corrected chi connectivity index (χ2v) is 3.53. The second kappa shape index (κ2) is 4.38. The zero-order chi connectivity index (χ0) is 15.0. The zero-order valence-electron chi connectivity index (χ0n) is 9.73. The minimum Gasteiger partial charge on any atom is -0.358 e. The molecule has 104 valence electrons. The van der Waals surface area contributed by atoms with Crippen LogP contribution in [0, 0.1) is 30.3 Å². The predicted molar refractivity (Wildman–Crippen MR) is 60.3 cm³/mol. The Labute approximate surface area is 108 Å². The molecule has 2 rings (SSSR count). The quantitative estimate of drug-likeness (QED) is 0.571. The van der Waals surface area contributed by atoms with Crippen molar-refractivity contribution >= 4 is 17.2 Å². The van der Waals surface area contributed by atoms with Crippen molar-refractivity contribution in [2.75, 3.05) is 0 Å². The van der Waals surface area contributed by atoms with Crippen LogP contribution in [0.2, 0.25) is 0 Å². The van der Waals surface area contributed by atoms with Gasteiger partial charge in [0.1, 0.15) is 12.4 Å². The highest BCUT2D eigenvalue weighted by Crippen LogP contribution is 2.32. The van der Waals surface area contributed by atoms with Gasteiger partial charge in [-0.1, -0.05) is 0 Å². The highest BCUT2D eigenvalue weighted by molar-refractivity contribution is 5.59. The third-order valence-electron chi connectivity index (χ3n) is 2.33. The maximum absolute atomic E-state index is 10.9.